The number of rotatable bonds is 2. The number of nitrogens with one attached hydrogen (secondary N) is 1. The molecular formula is C22H21N3O2S. The van der Waals surface area contributed by atoms with Gasteiger partial charge in [0.05, 0.1) is 12.6 Å². The van der Waals surface area contributed by atoms with Crippen molar-refractivity contribution in [3.63, 3.8) is 0 Å². The summed E-state index contributed by atoms with van der Waals surface area (Å²) in [6.45, 7) is 1.85. The molecule has 0 unspecified atom stereocenters. The fourth-order valence-electron chi connectivity index (χ4n) is 3.90. The molecule has 2 aliphatic rings. The molecule has 0 atom stereocenters. The fraction of sp³-hybridized carbons (Fsp3) is 0.273. The number of nitrogens with zero attached hydrogens (tertiary/aromatic N) is 2. The molecule has 2 N–H and O–H groups in total. The maximum absolute atomic E-state index is 12.7. The number of piperidine rings is 1. The van der Waals surface area contributed by atoms with E-state index in [4.69, 9.17) is 0 Å². The lowest BCUT2D eigenvalue weighted by Gasteiger charge is -2.29. The number of anilines is 1. The van der Waals surface area contributed by atoms with E-state index in [-0.39, 0.29) is 12.1 Å². The summed E-state index contributed by atoms with van der Waals surface area (Å²) in [6.07, 6.45) is 2.87. The van der Waals surface area contributed by atoms with Crippen molar-refractivity contribution in [3.05, 3.63) is 53.6 Å². The van der Waals surface area contributed by atoms with Crippen molar-refractivity contribution in [2.75, 3.05) is 18.4 Å². The van der Waals surface area contributed by atoms with E-state index in [1.165, 1.54) is 20.5 Å². The van der Waals surface area contributed by atoms with Crippen molar-refractivity contribution in [1.82, 2.24) is 4.90 Å². The van der Waals surface area contributed by atoms with Crippen LogP contribution in [0.15, 0.2) is 47.5 Å². The Morgan fingerprint density at radius 2 is 2.00 bits per heavy atom. The molecular weight excluding hydrogens is 370 g/mol. The van der Waals surface area contributed by atoms with Crippen LogP contribution in [0.4, 0.5) is 10.5 Å². The smallest absolute Gasteiger partial charge is 0.321 e. The molecule has 0 bridgehead atoms. The highest BCUT2D eigenvalue weighted by Crippen LogP contribution is 2.39. The van der Waals surface area contributed by atoms with Crippen LogP contribution in [0.5, 0.6) is 0 Å². The third-order valence-corrected chi connectivity index (χ3v) is 6.61. The average Bonchev–Trinajstić information content (AvgIpc) is 3.34. The number of carbonyl (C=O) groups excluding carboxylic acids is 1. The molecule has 2 aliphatic heterocycles. The third-order valence-electron chi connectivity index (χ3n) is 5.46. The number of benzene rings is 2. The topological polar surface area (TPSA) is 64.9 Å². The lowest BCUT2D eigenvalue weighted by molar-refractivity contribution is 0.0972. The fourth-order valence-corrected chi connectivity index (χ4v) is 5.01. The maximum Gasteiger partial charge on any atom is 0.321 e. The van der Waals surface area contributed by atoms with Crippen LogP contribution in [0.25, 0.3) is 20.5 Å². The van der Waals surface area contributed by atoms with Crippen molar-refractivity contribution in [2.45, 2.75) is 25.5 Å². The van der Waals surface area contributed by atoms with E-state index < -0.39 is 0 Å². The first kappa shape index (κ1) is 17.4. The third kappa shape index (κ3) is 3.19. The van der Waals surface area contributed by atoms with Gasteiger partial charge in [0.25, 0.3) is 0 Å². The van der Waals surface area contributed by atoms with Gasteiger partial charge in [0.2, 0.25) is 0 Å². The van der Waals surface area contributed by atoms with Crippen LogP contribution >= 0.6 is 11.3 Å². The van der Waals surface area contributed by atoms with Gasteiger partial charge in [-0.1, -0.05) is 18.2 Å². The highest BCUT2D eigenvalue weighted by molar-refractivity contribution is 7.22. The molecule has 3 heterocycles. The summed E-state index contributed by atoms with van der Waals surface area (Å²) in [5.74, 6) is 0. The normalized spacial score (nSPS) is 16.5. The molecule has 0 aliphatic carbocycles. The van der Waals surface area contributed by atoms with Crippen LogP contribution in [-0.2, 0) is 6.54 Å². The van der Waals surface area contributed by atoms with Crippen LogP contribution in [0.2, 0.25) is 0 Å². The summed E-state index contributed by atoms with van der Waals surface area (Å²) in [5.41, 5.74) is 4.21. The first-order valence-electron chi connectivity index (χ1n) is 9.57. The number of urea groups is 1. The summed E-state index contributed by atoms with van der Waals surface area (Å²) >= 11 is 1.77. The minimum Gasteiger partial charge on any atom is -0.393 e. The Kier molecular flexibility index (Phi) is 4.37. The average molecular weight is 391 g/mol. The number of fused-ring (bicyclic) bond motifs is 2. The van der Waals surface area contributed by atoms with Crippen molar-refractivity contribution >= 4 is 39.4 Å². The van der Waals surface area contributed by atoms with Gasteiger partial charge < -0.3 is 15.3 Å². The summed E-state index contributed by atoms with van der Waals surface area (Å²) in [6, 6.07) is 14.5. The first-order valence-corrected chi connectivity index (χ1v) is 10.4. The molecule has 6 heteroatoms. The van der Waals surface area contributed by atoms with E-state index in [2.05, 4.69) is 46.7 Å². The van der Waals surface area contributed by atoms with Crippen LogP contribution in [0, 0.1) is 0 Å². The van der Waals surface area contributed by atoms with E-state index in [1.54, 1.807) is 16.2 Å². The highest BCUT2D eigenvalue weighted by Gasteiger charge is 2.22. The monoisotopic (exact) mass is 391 g/mol. The molecule has 2 aromatic carbocycles. The van der Waals surface area contributed by atoms with Gasteiger partial charge in [-0.2, -0.15) is 0 Å². The number of carbonyl (C=O) groups is 1. The van der Waals surface area contributed by atoms with E-state index in [9.17, 15) is 9.90 Å². The number of hydrogen-bond acceptors (Lipinski definition) is 4. The Morgan fingerprint density at radius 1 is 1.18 bits per heavy atom. The van der Waals surface area contributed by atoms with E-state index >= 15 is 0 Å². The van der Waals surface area contributed by atoms with Gasteiger partial charge in [0, 0.05) is 40.1 Å². The molecule has 2 amide bonds. The zero-order chi connectivity index (χ0) is 19.1. The highest BCUT2D eigenvalue weighted by atomic mass is 32.1. The molecule has 142 valence electrons. The van der Waals surface area contributed by atoms with Gasteiger partial charge in [-0.15, -0.1) is 11.3 Å². The molecule has 3 aromatic rings. The van der Waals surface area contributed by atoms with Gasteiger partial charge >= 0.3 is 6.03 Å². The van der Waals surface area contributed by atoms with E-state index in [0.717, 1.165) is 16.8 Å². The zero-order valence-corrected chi connectivity index (χ0v) is 16.2. The summed E-state index contributed by atoms with van der Waals surface area (Å²) in [4.78, 5) is 20.1. The summed E-state index contributed by atoms with van der Waals surface area (Å²) in [5, 5.41) is 13.9. The Hall–Kier alpha value is -2.70. The second kappa shape index (κ2) is 7.04. The van der Waals surface area contributed by atoms with Crippen molar-refractivity contribution in [3.8, 4) is 10.4 Å². The Bertz CT molecular complexity index is 1050. The number of aliphatic hydroxyl groups excluding tert-OH is 1. The number of aliphatic hydroxyl groups is 1. The minimum absolute atomic E-state index is 0.107. The lowest BCUT2D eigenvalue weighted by atomic mass is 10.0. The largest absolute Gasteiger partial charge is 0.393 e. The molecule has 1 aromatic heterocycles. The number of thiophene rings is 1. The predicted molar refractivity (Wildman–Crippen MR) is 114 cm³/mol. The van der Waals surface area contributed by atoms with Crippen molar-refractivity contribution in [2.24, 2.45) is 4.99 Å². The van der Waals surface area contributed by atoms with Gasteiger partial charge in [0.15, 0.2) is 0 Å². The van der Waals surface area contributed by atoms with E-state index in [1.807, 2.05) is 12.3 Å². The molecule has 0 saturated carbocycles. The number of likely N-dealkylation sites (tertiary alicyclic amines) is 1. The molecule has 0 spiro atoms. The number of amides is 2. The Balaban J connectivity index is 1.47. The second-order valence-electron chi connectivity index (χ2n) is 7.36. The van der Waals surface area contributed by atoms with Gasteiger partial charge in [-0.05, 0) is 53.6 Å². The first-order chi connectivity index (χ1) is 13.7. The zero-order valence-electron chi connectivity index (χ0n) is 15.4. The molecule has 5 nitrogen and oxygen atoms in total. The summed E-state index contributed by atoms with van der Waals surface area (Å²) in [7, 11) is 0. The minimum atomic E-state index is -0.292. The number of hydrogen-bond donors (Lipinski definition) is 2. The van der Waals surface area contributed by atoms with E-state index in [0.29, 0.717) is 32.5 Å². The van der Waals surface area contributed by atoms with Gasteiger partial charge in [0.1, 0.15) is 0 Å². The van der Waals surface area contributed by atoms with Gasteiger partial charge in [-0.25, -0.2) is 4.79 Å². The van der Waals surface area contributed by atoms with Crippen LogP contribution < -0.4 is 5.32 Å². The molecule has 1 saturated heterocycles. The maximum atomic E-state index is 12.7. The predicted octanol–water partition coefficient (Wildman–Crippen LogP) is 4.49. The molecule has 28 heavy (non-hydrogen) atoms. The van der Waals surface area contributed by atoms with Gasteiger partial charge in [-0.3, -0.25) is 4.99 Å². The Morgan fingerprint density at radius 3 is 2.82 bits per heavy atom. The van der Waals surface area contributed by atoms with Crippen molar-refractivity contribution < 1.29 is 9.90 Å². The van der Waals surface area contributed by atoms with Crippen LogP contribution in [-0.4, -0.2) is 41.4 Å². The van der Waals surface area contributed by atoms with Crippen LogP contribution in [0.1, 0.15) is 24.0 Å². The molecule has 5 rings (SSSR count). The Labute approximate surface area is 167 Å². The number of aliphatic imine (C=N–C) groups is 1. The quantitative estimate of drug-likeness (QED) is 0.676. The molecule has 1 fully saturated rings. The molecule has 0 radical (unpaired) electrons. The van der Waals surface area contributed by atoms with Crippen molar-refractivity contribution in [1.29, 1.82) is 0 Å². The lowest BCUT2D eigenvalue weighted by Crippen LogP contribution is -2.42. The SMILES string of the molecule is O=C(Nc1cc2c(c(-c3cc4ccccc4s3)c1)CN=C2)N1CCC(O)CC1. The second-order valence-corrected chi connectivity index (χ2v) is 8.44. The summed E-state index contributed by atoms with van der Waals surface area (Å²) < 4.78 is 1.26. The standard InChI is InChI=1S/C22H21N3O2S/c26-17-5-7-25(8-6-17)22(27)24-16-9-15-12-23-13-19(15)18(11-16)21-10-14-3-1-2-4-20(14)28-21/h1-4,9-12,17,26H,5-8,13H2,(H,24,27). The van der Waals surface area contributed by atoms with Crippen LogP contribution in [0.3, 0.4) is 0 Å².